The van der Waals surface area contributed by atoms with Gasteiger partial charge in [0.2, 0.25) is 0 Å². The number of nitrogens with zero attached hydrogens (tertiary/aromatic N) is 1. The minimum Gasteiger partial charge on any atom is -0.384 e. The molecule has 2 unspecified atom stereocenters. The molecule has 0 bridgehead atoms. The molecule has 0 saturated carbocycles. The topological polar surface area (TPSA) is 53.1 Å². The first kappa shape index (κ1) is 14.3. The van der Waals surface area contributed by atoms with Crippen LogP contribution in [0.15, 0.2) is 23.1 Å². The van der Waals surface area contributed by atoms with Gasteiger partial charge in [0.25, 0.3) is 0 Å². The quantitative estimate of drug-likeness (QED) is 0.507. The number of nitrogens with one attached hydrogen (secondary N) is 1. The van der Waals surface area contributed by atoms with E-state index in [-0.39, 0.29) is 5.84 Å². The summed E-state index contributed by atoms with van der Waals surface area (Å²) >= 11 is 1.66. The number of nitrogen functional groups attached to an aromatic ring is 1. The first-order valence-corrected chi connectivity index (χ1v) is 8.01. The van der Waals surface area contributed by atoms with Crippen LogP contribution in [0.2, 0.25) is 0 Å². The molecule has 0 aliphatic carbocycles. The minimum atomic E-state index is 0.172. The molecule has 1 fully saturated rings. The van der Waals surface area contributed by atoms with Crippen LogP contribution in [-0.4, -0.2) is 25.2 Å². The van der Waals surface area contributed by atoms with Crippen molar-refractivity contribution in [2.75, 3.05) is 24.2 Å². The monoisotopic (exact) mass is 277 g/mol. The second kappa shape index (κ2) is 5.87. The van der Waals surface area contributed by atoms with E-state index in [2.05, 4.69) is 30.9 Å². The Labute approximate surface area is 120 Å². The number of rotatable bonds is 3. The standard InChI is InChI=1S/C15H23N3S/c1-10-7-11(2)9-18(8-10)12-5-4-6-13(19-3)14(12)15(16)17/h4-6,10-11H,7-9H2,1-3H3,(H3,16,17). The third-order valence-electron chi connectivity index (χ3n) is 3.70. The lowest BCUT2D eigenvalue weighted by atomic mass is 9.91. The number of amidine groups is 1. The lowest BCUT2D eigenvalue weighted by molar-refractivity contribution is 0.356. The van der Waals surface area contributed by atoms with E-state index in [0.29, 0.717) is 11.8 Å². The molecule has 2 rings (SSSR count). The van der Waals surface area contributed by atoms with Crippen LogP contribution in [0.3, 0.4) is 0 Å². The second-order valence-electron chi connectivity index (χ2n) is 5.62. The highest BCUT2D eigenvalue weighted by Crippen LogP contribution is 2.33. The van der Waals surface area contributed by atoms with Gasteiger partial charge in [-0.15, -0.1) is 11.8 Å². The van der Waals surface area contributed by atoms with Crippen molar-refractivity contribution in [3.8, 4) is 0 Å². The SMILES string of the molecule is CSc1cccc(N2CC(C)CC(C)C2)c1C(=N)N. The third-order valence-corrected chi connectivity index (χ3v) is 4.48. The van der Waals surface area contributed by atoms with Gasteiger partial charge >= 0.3 is 0 Å². The average Bonchev–Trinajstić information content (AvgIpc) is 2.36. The number of nitrogens with two attached hydrogens (primary N) is 1. The van der Waals surface area contributed by atoms with Crippen LogP contribution in [0.4, 0.5) is 5.69 Å². The fourth-order valence-corrected chi connectivity index (χ4v) is 3.72. The molecule has 1 heterocycles. The molecule has 0 amide bonds. The highest BCUT2D eigenvalue weighted by Gasteiger charge is 2.24. The van der Waals surface area contributed by atoms with Crippen LogP contribution >= 0.6 is 11.8 Å². The highest BCUT2D eigenvalue weighted by molar-refractivity contribution is 7.98. The maximum atomic E-state index is 7.88. The normalized spacial score (nSPS) is 23.4. The number of anilines is 1. The van der Waals surface area contributed by atoms with E-state index in [1.54, 1.807) is 11.8 Å². The number of hydrogen-bond acceptors (Lipinski definition) is 3. The van der Waals surface area contributed by atoms with Gasteiger partial charge in [0.15, 0.2) is 0 Å². The molecule has 1 aromatic carbocycles. The van der Waals surface area contributed by atoms with Gasteiger partial charge in [-0.05, 0) is 36.6 Å². The lowest BCUT2D eigenvalue weighted by Crippen LogP contribution is -2.39. The van der Waals surface area contributed by atoms with Gasteiger partial charge in [-0.1, -0.05) is 19.9 Å². The van der Waals surface area contributed by atoms with Crippen LogP contribution in [0.1, 0.15) is 25.8 Å². The van der Waals surface area contributed by atoms with E-state index in [4.69, 9.17) is 11.1 Å². The predicted molar refractivity (Wildman–Crippen MR) is 84.4 cm³/mol. The predicted octanol–water partition coefficient (Wildman–Crippen LogP) is 3.17. The Morgan fingerprint density at radius 3 is 2.47 bits per heavy atom. The summed E-state index contributed by atoms with van der Waals surface area (Å²) in [6, 6.07) is 6.21. The first-order valence-electron chi connectivity index (χ1n) is 6.79. The molecule has 3 nitrogen and oxygen atoms in total. The number of hydrogen-bond donors (Lipinski definition) is 2. The Hall–Kier alpha value is -1.16. The Morgan fingerprint density at radius 2 is 1.95 bits per heavy atom. The van der Waals surface area contributed by atoms with E-state index in [1.165, 1.54) is 6.42 Å². The van der Waals surface area contributed by atoms with E-state index in [9.17, 15) is 0 Å². The summed E-state index contributed by atoms with van der Waals surface area (Å²) in [5, 5.41) is 7.88. The molecular weight excluding hydrogens is 254 g/mol. The van der Waals surface area contributed by atoms with Crippen molar-refractivity contribution in [2.45, 2.75) is 25.2 Å². The van der Waals surface area contributed by atoms with E-state index in [0.717, 1.165) is 29.2 Å². The maximum Gasteiger partial charge on any atom is 0.126 e. The largest absolute Gasteiger partial charge is 0.384 e. The molecule has 1 aliphatic rings. The van der Waals surface area contributed by atoms with Crippen LogP contribution in [0.5, 0.6) is 0 Å². The van der Waals surface area contributed by atoms with Crippen molar-refractivity contribution in [2.24, 2.45) is 17.6 Å². The highest BCUT2D eigenvalue weighted by atomic mass is 32.2. The van der Waals surface area contributed by atoms with Crippen molar-refractivity contribution >= 4 is 23.3 Å². The van der Waals surface area contributed by atoms with Crippen LogP contribution in [0, 0.1) is 17.2 Å². The molecule has 1 aromatic rings. The van der Waals surface area contributed by atoms with Gasteiger partial charge in [0.05, 0.1) is 5.56 Å². The summed E-state index contributed by atoms with van der Waals surface area (Å²) in [7, 11) is 0. The van der Waals surface area contributed by atoms with Crippen molar-refractivity contribution in [3.63, 3.8) is 0 Å². The van der Waals surface area contributed by atoms with Gasteiger partial charge < -0.3 is 10.6 Å². The molecule has 1 aliphatic heterocycles. The Kier molecular flexibility index (Phi) is 4.40. The molecule has 2 atom stereocenters. The molecule has 0 spiro atoms. The van der Waals surface area contributed by atoms with Crippen molar-refractivity contribution in [1.29, 1.82) is 5.41 Å². The summed E-state index contributed by atoms with van der Waals surface area (Å²) in [5.74, 6) is 1.56. The molecule has 1 saturated heterocycles. The fourth-order valence-electron chi connectivity index (χ4n) is 3.08. The second-order valence-corrected chi connectivity index (χ2v) is 6.47. The number of thioether (sulfide) groups is 1. The zero-order chi connectivity index (χ0) is 14.0. The van der Waals surface area contributed by atoms with Crippen LogP contribution < -0.4 is 10.6 Å². The van der Waals surface area contributed by atoms with Crippen molar-refractivity contribution in [3.05, 3.63) is 23.8 Å². The van der Waals surface area contributed by atoms with E-state index < -0.39 is 0 Å². The van der Waals surface area contributed by atoms with Crippen LogP contribution in [0.25, 0.3) is 0 Å². The smallest absolute Gasteiger partial charge is 0.126 e. The summed E-state index contributed by atoms with van der Waals surface area (Å²) in [6.07, 6.45) is 3.32. The third kappa shape index (κ3) is 3.06. The molecule has 19 heavy (non-hydrogen) atoms. The lowest BCUT2D eigenvalue weighted by Gasteiger charge is -2.37. The molecule has 3 N–H and O–H groups in total. The summed E-state index contributed by atoms with van der Waals surface area (Å²) in [5.41, 5.74) is 7.83. The summed E-state index contributed by atoms with van der Waals surface area (Å²) in [4.78, 5) is 3.49. The Bertz CT molecular complexity index is 462. The van der Waals surface area contributed by atoms with Gasteiger partial charge in [-0.25, -0.2) is 0 Å². The minimum absolute atomic E-state index is 0.172. The zero-order valence-electron chi connectivity index (χ0n) is 11.9. The van der Waals surface area contributed by atoms with E-state index in [1.807, 2.05) is 12.3 Å². The number of benzene rings is 1. The first-order chi connectivity index (χ1) is 9.02. The summed E-state index contributed by atoms with van der Waals surface area (Å²) < 4.78 is 0. The van der Waals surface area contributed by atoms with Gasteiger partial charge in [0.1, 0.15) is 5.84 Å². The van der Waals surface area contributed by atoms with Crippen molar-refractivity contribution < 1.29 is 0 Å². The van der Waals surface area contributed by atoms with Gasteiger partial charge in [-0.3, -0.25) is 5.41 Å². The Balaban J connectivity index is 2.41. The fraction of sp³-hybridized carbons (Fsp3) is 0.533. The molecule has 104 valence electrons. The van der Waals surface area contributed by atoms with Gasteiger partial charge in [-0.2, -0.15) is 0 Å². The Morgan fingerprint density at radius 1 is 1.32 bits per heavy atom. The van der Waals surface area contributed by atoms with E-state index >= 15 is 0 Å². The molecule has 0 radical (unpaired) electrons. The molecule has 0 aromatic heterocycles. The molecular formula is C15H23N3S. The number of piperidine rings is 1. The van der Waals surface area contributed by atoms with Gasteiger partial charge in [0, 0.05) is 23.7 Å². The average molecular weight is 277 g/mol. The maximum absolute atomic E-state index is 7.88. The zero-order valence-corrected chi connectivity index (χ0v) is 12.8. The van der Waals surface area contributed by atoms with Crippen LogP contribution in [-0.2, 0) is 0 Å². The van der Waals surface area contributed by atoms with Crippen molar-refractivity contribution in [1.82, 2.24) is 0 Å². The summed E-state index contributed by atoms with van der Waals surface area (Å²) in [6.45, 7) is 6.72. The molecule has 4 heteroatoms.